The number of amides is 1. The molecule has 0 radical (unpaired) electrons. The van der Waals surface area contributed by atoms with Gasteiger partial charge in [-0.1, -0.05) is 32.6 Å². The van der Waals surface area contributed by atoms with Crippen molar-refractivity contribution in [1.82, 2.24) is 5.32 Å². The van der Waals surface area contributed by atoms with Crippen LogP contribution in [0.2, 0.25) is 0 Å². The summed E-state index contributed by atoms with van der Waals surface area (Å²) in [4.78, 5) is 24.0. The second-order valence-electron chi connectivity index (χ2n) is 5.35. The molecular formula is C16H25NO4. The van der Waals surface area contributed by atoms with Crippen molar-refractivity contribution in [2.24, 2.45) is 0 Å². The number of hydrogen-bond donors (Lipinski definition) is 1. The molecule has 1 amide bonds. The summed E-state index contributed by atoms with van der Waals surface area (Å²) in [6.07, 6.45) is 10.8. The third kappa shape index (κ3) is 5.66. The fourth-order valence-corrected chi connectivity index (χ4v) is 2.45. The van der Waals surface area contributed by atoms with Gasteiger partial charge in [0, 0.05) is 6.42 Å². The van der Waals surface area contributed by atoms with E-state index in [1.54, 1.807) is 0 Å². The molecular weight excluding hydrogens is 270 g/mol. The standard InChI is InChI=1S/C16H25NO4/c1-3-5-9-13-20-14(18)16(10-7-8-11-16)17-15(19)21-12-6-4-2/h2H,3,5-13H2,1H3,(H,17,19). The second kappa shape index (κ2) is 9.28. The van der Waals surface area contributed by atoms with Crippen LogP contribution in [0.3, 0.4) is 0 Å². The third-order valence-corrected chi connectivity index (χ3v) is 3.65. The minimum Gasteiger partial charge on any atom is -0.464 e. The van der Waals surface area contributed by atoms with E-state index in [9.17, 15) is 9.59 Å². The van der Waals surface area contributed by atoms with E-state index in [2.05, 4.69) is 18.2 Å². The summed E-state index contributed by atoms with van der Waals surface area (Å²) in [7, 11) is 0. The number of rotatable bonds is 8. The number of ether oxygens (including phenoxy) is 2. The van der Waals surface area contributed by atoms with Crippen LogP contribution in [0.25, 0.3) is 0 Å². The van der Waals surface area contributed by atoms with Gasteiger partial charge in [0.2, 0.25) is 0 Å². The van der Waals surface area contributed by atoms with E-state index in [0.29, 0.717) is 25.9 Å². The minimum absolute atomic E-state index is 0.157. The Labute approximate surface area is 126 Å². The molecule has 0 spiro atoms. The van der Waals surface area contributed by atoms with Crippen LogP contribution < -0.4 is 5.32 Å². The van der Waals surface area contributed by atoms with E-state index in [1.165, 1.54) is 0 Å². The fourth-order valence-electron chi connectivity index (χ4n) is 2.45. The molecule has 0 aromatic rings. The van der Waals surface area contributed by atoms with Crippen LogP contribution in [0.4, 0.5) is 4.79 Å². The van der Waals surface area contributed by atoms with Crippen LogP contribution in [-0.2, 0) is 14.3 Å². The van der Waals surface area contributed by atoms with Crippen molar-refractivity contribution in [2.75, 3.05) is 13.2 Å². The molecule has 118 valence electrons. The van der Waals surface area contributed by atoms with Crippen molar-refractivity contribution in [3.63, 3.8) is 0 Å². The summed E-state index contributed by atoms with van der Waals surface area (Å²) < 4.78 is 10.3. The zero-order valence-electron chi connectivity index (χ0n) is 12.8. The molecule has 1 N–H and O–H groups in total. The SMILES string of the molecule is C#CCCOC(=O)NC1(C(=O)OCCCCC)CCCC1. The van der Waals surface area contributed by atoms with Crippen LogP contribution in [0.1, 0.15) is 58.3 Å². The number of nitrogens with one attached hydrogen (secondary N) is 1. The second-order valence-corrected chi connectivity index (χ2v) is 5.35. The Hall–Kier alpha value is -1.70. The van der Waals surface area contributed by atoms with Gasteiger partial charge in [-0.15, -0.1) is 12.3 Å². The van der Waals surface area contributed by atoms with Gasteiger partial charge in [0.15, 0.2) is 0 Å². The summed E-state index contributed by atoms with van der Waals surface area (Å²) in [6.45, 7) is 2.65. The van der Waals surface area contributed by atoms with Gasteiger partial charge in [-0.25, -0.2) is 9.59 Å². The molecule has 1 aliphatic carbocycles. The lowest BCUT2D eigenvalue weighted by Gasteiger charge is -2.27. The highest BCUT2D eigenvalue weighted by Gasteiger charge is 2.44. The Morgan fingerprint density at radius 2 is 1.90 bits per heavy atom. The quantitative estimate of drug-likeness (QED) is 0.425. The number of alkyl carbamates (subject to hydrolysis) is 1. The van der Waals surface area contributed by atoms with Gasteiger partial charge in [-0.2, -0.15) is 0 Å². The highest BCUT2D eigenvalue weighted by molar-refractivity contribution is 5.86. The topological polar surface area (TPSA) is 64.6 Å². The Morgan fingerprint density at radius 3 is 2.52 bits per heavy atom. The first-order chi connectivity index (χ1) is 10.1. The predicted molar refractivity (Wildman–Crippen MR) is 79.6 cm³/mol. The number of esters is 1. The molecule has 0 bridgehead atoms. The number of terminal acetylenes is 1. The molecule has 5 heteroatoms. The molecule has 0 atom stereocenters. The van der Waals surface area contributed by atoms with Gasteiger partial charge in [-0.05, 0) is 19.3 Å². The molecule has 0 aromatic heterocycles. The zero-order valence-corrected chi connectivity index (χ0v) is 12.8. The summed E-state index contributed by atoms with van der Waals surface area (Å²) in [5.74, 6) is 2.05. The van der Waals surface area contributed by atoms with E-state index in [4.69, 9.17) is 15.9 Å². The summed E-state index contributed by atoms with van der Waals surface area (Å²) >= 11 is 0. The van der Waals surface area contributed by atoms with Crippen molar-refractivity contribution >= 4 is 12.1 Å². The molecule has 0 saturated heterocycles. The Balaban J connectivity index is 2.47. The zero-order chi connectivity index (χ0) is 15.6. The summed E-state index contributed by atoms with van der Waals surface area (Å²) in [5.41, 5.74) is -0.917. The third-order valence-electron chi connectivity index (χ3n) is 3.65. The van der Waals surface area contributed by atoms with Gasteiger partial charge < -0.3 is 14.8 Å². The number of unbranched alkanes of at least 4 members (excludes halogenated alkanes) is 2. The first-order valence-electron chi connectivity index (χ1n) is 7.70. The smallest absolute Gasteiger partial charge is 0.408 e. The highest BCUT2D eigenvalue weighted by Crippen LogP contribution is 2.31. The number of hydrogen-bond acceptors (Lipinski definition) is 4. The maximum absolute atomic E-state index is 12.3. The fraction of sp³-hybridized carbons (Fsp3) is 0.750. The first-order valence-corrected chi connectivity index (χ1v) is 7.70. The van der Waals surface area contributed by atoms with Gasteiger partial charge in [-0.3, -0.25) is 0 Å². The lowest BCUT2D eigenvalue weighted by Crippen LogP contribution is -2.53. The van der Waals surface area contributed by atoms with Crippen LogP contribution in [0.15, 0.2) is 0 Å². The maximum atomic E-state index is 12.3. The molecule has 1 saturated carbocycles. The van der Waals surface area contributed by atoms with E-state index >= 15 is 0 Å². The van der Waals surface area contributed by atoms with Crippen molar-refractivity contribution in [2.45, 2.75) is 63.8 Å². The normalized spacial score (nSPS) is 16.0. The molecule has 1 fully saturated rings. The lowest BCUT2D eigenvalue weighted by molar-refractivity contribution is -0.151. The van der Waals surface area contributed by atoms with Crippen LogP contribution >= 0.6 is 0 Å². The molecule has 5 nitrogen and oxygen atoms in total. The monoisotopic (exact) mass is 295 g/mol. The Bertz CT molecular complexity index is 380. The van der Waals surface area contributed by atoms with Crippen LogP contribution in [-0.4, -0.2) is 30.8 Å². The maximum Gasteiger partial charge on any atom is 0.408 e. The predicted octanol–water partition coefficient (Wildman–Crippen LogP) is 2.78. The molecule has 21 heavy (non-hydrogen) atoms. The van der Waals surface area contributed by atoms with Gasteiger partial charge >= 0.3 is 12.1 Å². The summed E-state index contributed by atoms with van der Waals surface area (Å²) in [6, 6.07) is 0. The average Bonchev–Trinajstić information content (AvgIpc) is 2.93. The van der Waals surface area contributed by atoms with Gasteiger partial charge in [0.25, 0.3) is 0 Å². The molecule has 0 unspecified atom stereocenters. The van der Waals surface area contributed by atoms with Gasteiger partial charge in [0.1, 0.15) is 12.1 Å². The lowest BCUT2D eigenvalue weighted by atomic mass is 9.98. The molecule has 1 rings (SSSR count). The first kappa shape index (κ1) is 17.4. The molecule has 0 aliphatic heterocycles. The van der Waals surface area contributed by atoms with Gasteiger partial charge in [0.05, 0.1) is 6.61 Å². The van der Waals surface area contributed by atoms with E-state index in [0.717, 1.165) is 32.1 Å². The van der Waals surface area contributed by atoms with Crippen molar-refractivity contribution < 1.29 is 19.1 Å². The molecule has 0 aromatic carbocycles. The minimum atomic E-state index is -0.917. The highest BCUT2D eigenvalue weighted by atomic mass is 16.6. The van der Waals surface area contributed by atoms with Crippen molar-refractivity contribution in [3.8, 4) is 12.3 Å². The van der Waals surface area contributed by atoms with Crippen LogP contribution in [0.5, 0.6) is 0 Å². The van der Waals surface area contributed by atoms with Crippen molar-refractivity contribution in [1.29, 1.82) is 0 Å². The number of carbonyl (C=O) groups excluding carboxylic acids is 2. The Kier molecular flexibility index (Phi) is 7.66. The van der Waals surface area contributed by atoms with Crippen LogP contribution in [0, 0.1) is 12.3 Å². The molecule has 0 heterocycles. The summed E-state index contributed by atoms with van der Waals surface area (Å²) in [5, 5.41) is 2.69. The molecule has 1 aliphatic rings. The van der Waals surface area contributed by atoms with E-state index < -0.39 is 11.6 Å². The average molecular weight is 295 g/mol. The van der Waals surface area contributed by atoms with E-state index in [-0.39, 0.29) is 12.6 Å². The number of carbonyl (C=O) groups is 2. The Morgan fingerprint density at radius 1 is 1.19 bits per heavy atom. The van der Waals surface area contributed by atoms with E-state index in [1.807, 2.05) is 0 Å². The largest absolute Gasteiger partial charge is 0.464 e. The van der Waals surface area contributed by atoms with Crippen molar-refractivity contribution in [3.05, 3.63) is 0 Å².